The number of hydrogen-bond acceptors (Lipinski definition) is 5. The second kappa shape index (κ2) is 6.41. The molecule has 9 heteroatoms. The molecular weight excluding hydrogens is 310 g/mol. The molecule has 1 amide bonds. The van der Waals surface area contributed by atoms with Crippen LogP contribution in [-0.4, -0.2) is 56.1 Å². The minimum Gasteiger partial charge on any atom is -0.348 e. The first-order valence-corrected chi connectivity index (χ1v) is 7.84. The van der Waals surface area contributed by atoms with Crippen molar-refractivity contribution in [1.29, 1.82) is 0 Å². The Labute approximate surface area is 129 Å². The lowest BCUT2D eigenvalue weighted by atomic mass is 10.1. The van der Waals surface area contributed by atoms with E-state index in [1.807, 2.05) is 0 Å². The SMILES string of the molecule is Cc1cc([N+](=O)[O-])cc(S(=O)(=O)N(C)CC(=O)N(C)C)c1C. The van der Waals surface area contributed by atoms with E-state index in [1.165, 1.54) is 32.1 Å². The smallest absolute Gasteiger partial charge is 0.271 e. The zero-order valence-corrected chi connectivity index (χ0v) is 14.0. The largest absolute Gasteiger partial charge is 0.348 e. The second-order valence-electron chi connectivity index (χ2n) is 5.19. The molecule has 1 rings (SSSR count). The zero-order chi connectivity index (χ0) is 17.2. The van der Waals surface area contributed by atoms with Crippen molar-refractivity contribution in [1.82, 2.24) is 9.21 Å². The molecule has 0 unspecified atom stereocenters. The highest BCUT2D eigenvalue weighted by molar-refractivity contribution is 7.89. The molecule has 0 aromatic heterocycles. The van der Waals surface area contributed by atoms with Crippen LogP contribution in [0.1, 0.15) is 11.1 Å². The van der Waals surface area contributed by atoms with Crippen molar-refractivity contribution in [3.63, 3.8) is 0 Å². The Balaban J connectivity index is 3.33. The van der Waals surface area contributed by atoms with Crippen LogP contribution in [0.3, 0.4) is 0 Å². The summed E-state index contributed by atoms with van der Waals surface area (Å²) < 4.78 is 26.0. The molecule has 0 bridgehead atoms. The fraction of sp³-hybridized carbons (Fsp3) is 0.462. The summed E-state index contributed by atoms with van der Waals surface area (Å²) in [5, 5.41) is 10.9. The Bertz CT molecular complexity index is 713. The number of aryl methyl sites for hydroxylation is 1. The molecule has 0 spiro atoms. The van der Waals surface area contributed by atoms with Gasteiger partial charge in [-0.25, -0.2) is 8.42 Å². The number of carbonyl (C=O) groups is 1. The predicted octanol–water partition coefficient (Wildman–Crippen LogP) is 0.920. The highest BCUT2D eigenvalue weighted by Crippen LogP contribution is 2.27. The van der Waals surface area contributed by atoms with Crippen LogP contribution in [-0.2, 0) is 14.8 Å². The van der Waals surface area contributed by atoms with Crippen LogP contribution in [0.4, 0.5) is 5.69 Å². The molecule has 0 aliphatic carbocycles. The molecule has 1 aromatic rings. The minimum atomic E-state index is -4.00. The number of nitro benzene ring substituents is 1. The summed E-state index contributed by atoms with van der Waals surface area (Å²) in [6, 6.07) is 2.34. The summed E-state index contributed by atoms with van der Waals surface area (Å²) in [6.07, 6.45) is 0. The number of nitrogens with zero attached hydrogens (tertiary/aromatic N) is 3. The first kappa shape index (κ1) is 18.1. The Morgan fingerprint density at radius 3 is 2.23 bits per heavy atom. The standard InChI is InChI=1S/C13H19N3O5S/c1-9-6-11(16(18)19)7-12(10(9)2)22(20,21)15(5)8-13(17)14(3)4/h6-7H,8H2,1-5H3. The molecule has 0 N–H and O–H groups in total. The Kier molecular flexibility index (Phi) is 5.26. The van der Waals surface area contributed by atoms with Crippen molar-refractivity contribution in [2.24, 2.45) is 0 Å². The average Bonchev–Trinajstić information content (AvgIpc) is 2.40. The number of rotatable bonds is 5. The van der Waals surface area contributed by atoms with Crippen LogP contribution >= 0.6 is 0 Å². The van der Waals surface area contributed by atoms with Gasteiger partial charge in [0.15, 0.2) is 0 Å². The fourth-order valence-electron chi connectivity index (χ4n) is 1.77. The van der Waals surface area contributed by atoms with Crippen molar-refractivity contribution < 1.29 is 18.1 Å². The lowest BCUT2D eigenvalue weighted by molar-refractivity contribution is -0.385. The molecule has 8 nitrogen and oxygen atoms in total. The molecule has 0 heterocycles. The van der Waals surface area contributed by atoms with Crippen molar-refractivity contribution in [3.8, 4) is 0 Å². The van der Waals surface area contributed by atoms with Gasteiger partial charge in [0.1, 0.15) is 0 Å². The second-order valence-corrected chi connectivity index (χ2v) is 7.21. The van der Waals surface area contributed by atoms with Crippen LogP contribution in [0, 0.1) is 24.0 Å². The summed E-state index contributed by atoms with van der Waals surface area (Å²) in [5.41, 5.74) is 0.629. The quantitative estimate of drug-likeness (QED) is 0.590. The Morgan fingerprint density at radius 1 is 1.23 bits per heavy atom. The van der Waals surface area contributed by atoms with Gasteiger partial charge in [0.2, 0.25) is 15.9 Å². The maximum Gasteiger partial charge on any atom is 0.271 e. The number of amides is 1. The number of likely N-dealkylation sites (N-methyl/N-ethyl adjacent to an activating group) is 2. The maximum absolute atomic E-state index is 12.6. The van der Waals surface area contributed by atoms with Crippen molar-refractivity contribution >= 4 is 21.6 Å². The number of sulfonamides is 1. The molecule has 22 heavy (non-hydrogen) atoms. The summed E-state index contributed by atoms with van der Waals surface area (Å²) >= 11 is 0. The van der Waals surface area contributed by atoms with E-state index in [9.17, 15) is 23.3 Å². The summed E-state index contributed by atoms with van der Waals surface area (Å²) in [5.74, 6) is -0.383. The van der Waals surface area contributed by atoms with E-state index >= 15 is 0 Å². The average molecular weight is 329 g/mol. The Hall–Kier alpha value is -2.00. The lowest BCUT2D eigenvalue weighted by Gasteiger charge is -2.20. The van der Waals surface area contributed by atoms with E-state index in [0.29, 0.717) is 11.1 Å². The Morgan fingerprint density at radius 2 is 1.77 bits per heavy atom. The third-order valence-electron chi connectivity index (χ3n) is 3.36. The molecular formula is C13H19N3O5S. The first-order chi connectivity index (χ1) is 9.98. The predicted molar refractivity (Wildman–Crippen MR) is 81.1 cm³/mol. The molecule has 0 aliphatic rings. The molecule has 0 saturated heterocycles. The summed E-state index contributed by atoms with van der Waals surface area (Å²) in [6.45, 7) is 2.84. The highest BCUT2D eigenvalue weighted by atomic mass is 32.2. The van der Waals surface area contributed by atoms with Crippen LogP contribution in [0.2, 0.25) is 0 Å². The third kappa shape index (κ3) is 3.60. The highest BCUT2D eigenvalue weighted by Gasteiger charge is 2.28. The number of hydrogen-bond donors (Lipinski definition) is 0. The fourth-order valence-corrected chi connectivity index (χ4v) is 3.20. The van der Waals surface area contributed by atoms with Gasteiger partial charge in [-0.2, -0.15) is 4.31 Å². The van der Waals surface area contributed by atoms with Crippen LogP contribution in [0.25, 0.3) is 0 Å². The van der Waals surface area contributed by atoms with Gasteiger partial charge in [0.25, 0.3) is 5.69 Å². The topological polar surface area (TPSA) is 101 Å². The summed E-state index contributed by atoms with van der Waals surface area (Å²) in [4.78, 5) is 23.1. The third-order valence-corrected chi connectivity index (χ3v) is 5.29. The van der Waals surface area contributed by atoms with Gasteiger partial charge in [0, 0.05) is 33.3 Å². The van der Waals surface area contributed by atoms with Crippen molar-refractivity contribution in [3.05, 3.63) is 33.4 Å². The van der Waals surface area contributed by atoms with E-state index in [4.69, 9.17) is 0 Å². The molecule has 0 aliphatic heterocycles. The van der Waals surface area contributed by atoms with E-state index in [2.05, 4.69) is 0 Å². The number of nitro groups is 1. The van der Waals surface area contributed by atoms with Gasteiger partial charge in [-0.1, -0.05) is 0 Å². The normalized spacial score (nSPS) is 11.5. The molecule has 122 valence electrons. The number of carbonyl (C=O) groups excluding carboxylic acids is 1. The molecule has 0 atom stereocenters. The molecule has 0 radical (unpaired) electrons. The van der Waals surface area contributed by atoms with E-state index in [-0.39, 0.29) is 23.0 Å². The van der Waals surface area contributed by atoms with Gasteiger partial charge in [-0.05, 0) is 25.0 Å². The monoisotopic (exact) mass is 329 g/mol. The van der Waals surface area contributed by atoms with E-state index in [0.717, 1.165) is 10.4 Å². The van der Waals surface area contributed by atoms with Crippen LogP contribution in [0.5, 0.6) is 0 Å². The van der Waals surface area contributed by atoms with Crippen molar-refractivity contribution in [2.45, 2.75) is 18.7 Å². The molecule has 0 fully saturated rings. The summed E-state index contributed by atoms with van der Waals surface area (Å²) in [7, 11) is 0.312. The molecule has 1 aromatic carbocycles. The van der Waals surface area contributed by atoms with Crippen molar-refractivity contribution in [2.75, 3.05) is 27.7 Å². The van der Waals surface area contributed by atoms with E-state index < -0.39 is 14.9 Å². The van der Waals surface area contributed by atoms with Gasteiger partial charge < -0.3 is 4.90 Å². The van der Waals surface area contributed by atoms with Gasteiger partial charge >= 0.3 is 0 Å². The molecule has 0 saturated carbocycles. The number of benzene rings is 1. The van der Waals surface area contributed by atoms with Crippen LogP contribution < -0.4 is 0 Å². The minimum absolute atomic E-state index is 0.159. The van der Waals surface area contributed by atoms with Crippen LogP contribution in [0.15, 0.2) is 17.0 Å². The zero-order valence-electron chi connectivity index (χ0n) is 13.2. The maximum atomic E-state index is 12.6. The lowest BCUT2D eigenvalue weighted by Crippen LogP contribution is -2.38. The first-order valence-electron chi connectivity index (χ1n) is 6.40. The number of non-ortho nitro benzene ring substituents is 1. The van der Waals surface area contributed by atoms with Gasteiger partial charge in [-0.15, -0.1) is 0 Å². The van der Waals surface area contributed by atoms with Gasteiger partial charge in [-0.3, -0.25) is 14.9 Å². The van der Waals surface area contributed by atoms with E-state index in [1.54, 1.807) is 13.8 Å². The van der Waals surface area contributed by atoms with Gasteiger partial charge in [0.05, 0.1) is 16.4 Å².